The topological polar surface area (TPSA) is 44.8 Å². The van der Waals surface area contributed by atoms with Crippen molar-refractivity contribution in [3.63, 3.8) is 0 Å². The highest BCUT2D eigenvalue weighted by Gasteiger charge is 2.19. The number of pyridine rings is 1. The number of aromatic nitrogens is 3. The Morgan fingerprint density at radius 2 is 2.13 bits per heavy atom. The first kappa shape index (κ1) is 16.1. The normalized spacial score (nSPS) is 11.9. The van der Waals surface area contributed by atoms with Gasteiger partial charge in [0.25, 0.3) is 0 Å². The molecule has 1 aromatic carbocycles. The van der Waals surface area contributed by atoms with Crippen LogP contribution in [0.2, 0.25) is 5.02 Å². The molecule has 0 N–H and O–H groups in total. The summed E-state index contributed by atoms with van der Waals surface area (Å²) in [4.78, 5) is 4.75. The van der Waals surface area contributed by atoms with Gasteiger partial charge in [0, 0.05) is 24.1 Å². The number of hydrogen-bond acceptors (Lipinski definition) is 2. The molecule has 2 aromatic heterocycles. The number of hydrogen-bond donors (Lipinski definition) is 0. The monoisotopic (exact) mass is 331 g/mol. The maximum atomic E-state index is 12.3. The number of halogens is 1. The lowest BCUT2D eigenvalue weighted by Gasteiger charge is -2.12. The van der Waals surface area contributed by atoms with E-state index in [1.165, 1.54) is 0 Å². The van der Waals surface area contributed by atoms with Crippen LogP contribution in [0.3, 0.4) is 0 Å². The Kier molecular flexibility index (Phi) is 4.44. The fourth-order valence-corrected chi connectivity index (χ4v) is 3.21. The highest BCUT2D eigenvalue weighted by molar-refractivity contribution is 6.31. The molecule has 3 rings (SSSR count). The summed E-state index contributed by atoms with van der Waals surface area (Å²) in [5, 5.41) is 13.8. The van der Waals surface area contributed by atoms with E-state index in [0.29, 0.717) is 16.5 Å². The summed E-state index contributed by atoms with van der Waals surface area (Å²) in [6, 6.07) is 5.49. The zero-order valence-corrected chi connectivity index (χ0v) is 14.6. The molecule has 23 heavy (non-hydrogen) atoms. The zero-order chi connectivity index (χ0) is 16.6. The molecule has 3 aromatic rings. The van der Waals surface area contributed by atoms with E-state index in [9.17, 15) is 5.21 Å². The fourth-order valence-electron chi connectivity index (χ4n) is 3.05. The summed E-state index contributed by atoms with van der Waals surface area (Å²) in [7, 11) is 0. The Morgan fingerprint density at radius 1 is 1.35 bits per heavy atom. The largest absolute Gasteiger partial charge is 0.618 e. The highest BCUT2D eigenvalue weighted by atomic mass is 35.5. The number of rotatable bonds is 5. The fraction of sp³-hybridized carbons (Fsp3) is 0.444. The van der Waals surface area contributed by atoms with Gasteiger partial charge in [-0.3, -0.25) is 0 Å². The van der Waals surface area contributed by atoms with Crippen LogP contribution < -0.4 is 4.73 Å². The second-order valence-corrected chi connectivity index (χ2v) is 6.92. The van der Waals surface area contributed by atoms with Gasteiger partial charge in [-0.15, -0.1) is 0 Å². The molecule has 0 unspecified atom stereocenters. The van der Waals surface area contributed by atoms with Crippen molar-refractivity contribution in [2.45, 2.75) is 46.6 Å². The first-order valence-corrected chi connectivity index (χ1v) is 8.59. The molecular weight excluding hydrogens is 310 g/mol. The Hall–Kier alpha value is -1.81. The number of benzene rings is 1. The molecule has 0 spiro atoms. The van der Waals surface area contributed by atoms with Crippen LogP contribution in [0.4, 0.5) is 0 Å². The molecule has 0 fully saturated rings. The van der Waals surface area contributed by atoms with Gasteiger partial charge >= 0.3 is 0 Å². The molecule has 122 valence electrons. The van der Waals surface area contributed by atoms with Crippen molar-refractivity contribution >= 4 is 33.5 Å². The van der Waals surface area contributed by atoms with Crippen molar-refractivity contribution in [1.82, 2.24) is 9.55 Å². The van der Waals surface area contributed by atoms with E-state index in [1.807, 2.05) is 12.1 Å². The molecular formula is C18H22ClN3O. The minimum Gasteiger partial charge on any atom is -0.618 e. The van der Waals surface area contributed by atoms with Gasteiger partial charge in [-0.1, -0.05) is 38.8 Å². The van der Waals surface area contributed by atoms with Crippen LogP contribution >= 0.6 is 11.6 Å². The van der Waals surface area contributed by atoms with Crippen molar-refractivity contribution in [3.05, 3.63) is 40.5 Å². The van der Waals surface area contributed by atoms with Crippen LogP contribution in [0.15, 0.2) is 24.4 Å². The lowest BCUT2D eigenvalue weighted by atomic mass is 10.1. The third kappa shape index (κ3) is 3.00. The van der Waals surface area contributed by atoms with Crippen molar-refractivity contribution < 1.29 is 4.73 Å². The van der Waals surface area contributed by atoms with Crippen molar-refractivity contribution in [2.24, 2.45) is 5.92 Å². The number of imidazole rings is 1. The summed E-state index contributed by atoms with van der Waals surface area (Å²) < 4.78 is 3.16. The van der Waals surface area contributed by atoms with Gasteiger partial charge in [-0.25, -0.2) is 4.98 Å². The molecule has 0 saturated heterocycles. The number of unbranched alkanes of at least 4 members (excludes halogenated alkanes) is 1. The number of aryl methyl sites for hydroxylation is 1. The van der Waals surface area contributed by atoms with Crippen LogP contribution in [0.1, 0.15) is 39.4 Å². The second kappa shape index (κ2) is 6.36. The molecule has 0 radical (unpaired) electrons. The van der Waals surface area contributed by atoms with E-state index < -0.39 is 0 Å². The van der Waals surface area contributed by atoms with E-state index >= 15 is 0 Å². The van der Waals surface area contributed by atoms with Gasteiger partial charge in [0.1, 0.15) is 5.82 Å². The molecule has 0 aliphatic heterocycles. The minimum atomic E-state index is 0.509. The molecule has 0 bridgehead atoms. The van der Waals surface area contributed by atoms with E-state index in [1.54, 1.807) is 12.3 Å². The van der Waals surface area contributed by atoms with Gasteiger partial charge in [-0.05, 0) is 24.5 Å². The minimum absolute atomic E-state index is 0.509. The summed E-state index contributed by atoms with van der Waals surface area (Å²) in [5.41, 5.74) is 2.40. The molecule has 2 heterocycles. The van der Waals surface area contributed by atoms with Crippen molar-refractivity contribution in [3.8, 4) is 0 Å². The summed E-state index contributed by atoms with van der Waals surface area (Å²) in [6.07, 6.45) is 4.73. The Balaban J connectivity index is 2.32. The first-order chi connectivity index (χ1) is 11.0. The van der Waals surface area contributed by atoms with Crippen LogP contribution in [-0.4, -0.2) is 9.55 Å². The Labute approximate surface area is 141 Å². The molecule has 0 saturated carbocycles. The molecule has 0 atom stereocenters. The maximum Gasteiger partial charge on any atom is 0.227 e. The summed E-state index contributed by atoms with van der Waals surface area (Å²) in [6.45, 7) is 7.48. The average Bonchev–Trinajstić information content (AvgIpc) is 2.82. The third-order valence-electron chi connectivity index (χ3n) is 4.07. The van der Waals surface area contributed by atoms with E-state index in [-0.39, 0.29) is 0 Å². The predicted octanol–water partition coefficient (Wildman–Crippen LogP) is 4.47. The summed E-state index contributed by atoms with van der Waals surface area (Å²) in [5.74, 6) is 1.58. The Bertz CT molecular complexity index is 854. The second-order valence-electron chi connectivity index (χ2n) is 6.49. The van der Waals surface area contributed by atoms with E-state index in [4.69, 9.17) is 16.6 Å². The van der Waals surface area contributed by atoms with Crippen LogP contribution in [0, 0.1) is 11.1 Å². The predicted molar refractivity (Wildman–Crippen MR) is 94.7 cm³/mol. The smallest absolute Gasteiger partial charge is 0.227 e. The first-order valence-electron chi connectivity index (χ1n) is 8.21. The SMILES string of the molecule is CCCCc1nc2c[n+]([O-])c3cc(Cl)ccc3c2n1CC(C)C. The standard InChI is InChI=1S/C18H22ClN3O/c1-4-5-6-17-20-15-11-22(23)16-9-13(19)7-8-14(16)18(15)21(17)10-12(2)3/h7-9,11-12H,4-6,10H2,1-3H3. The summed E-state index contributed by atoms with van der Waals surface area (Å²) >= 11 is 6.07. The van der Waals surface area contributed by atoms with Crippen LogP contribution in [0.25, 0.3) is 21.9 Å². The van der Waals surface area contributed by atoms with Gasteiger partial charge in [0.05, 0.1) is 10.9 Å². The van der Waals surface area contributed by atoms with Crippen molar-refractivity contribution in [2.75, 3.05) is 0 Å². The van der Waals surface area contributed by atoms with E-state index in [0.717, 1.165) is 52.8 Å². The lowest BCUT2D eigenvalue weighted by Crippen LogP contribution is -2.26. The van der Waals surface area contributed by atoms with Gasteiger partial charge < -0.3 is 9.77 Å². The number of fused-ring (bicyclic) bond motifs is 3. The zero-order valence-electron chi connectivity index (χ0n) is 13.8. The molecule has 0 aliphatic carbocycles. The third-order valence-corrected chi connectivity index (χ3v) is 4.30. The van der Waals surface area contributed by atoms with Gasteiger partial charge in [0.15, 0.2) is 5.52 Å². The van der Waals surface area contributed by atoms with Gasteiger partial charge in [0.2, 0.25) is 11.7 Å². The van der Waals surface area contributed by atoms with Gasteiger partial charge in [-0.2, -0.15) is 4.73 Å². The lowest BCUT2D eigenvalue weighted by molar-refractivity contribution is -0.575. The highest BCUT2D eigenvalue weighted by Crippen LogP contribution is 2.27. The molecule has 5 heteroatoms. The molecule has 4 nitrogen and oxygen atoms in total. The number of nitrogens with zero attached hydrogens (tertiary/aromatic N) is 3. The maximum absolute atomic E-state index is 12.3. The molecule has 0 aliphatic rings. The van der Waals surface area contributed by atoms with Crippen LogP contribution in [0.5, 0.6) is 0 Å². The van der Waals surface area contributed by atoms with Crippen molar-refractivity contribution in [1.29, 1.82) is 0 Å². The molecule has 0 amide bonds. The Morgan fingerprint density at radius 3 is 2.83 bits per heavy atom. The van der Waals surface area contributed by atoms with Crippen LogP contribution in [-0.2, 0) is 13.0 Å². The average molecular weight is 332 g/mol. The van der Waals surface area contributed by atoms with E-state index in [2.05, 4.69) is 25.3 Å². The quantitative estimate of drug-likeness (QED) is 0.511.